The van der Waals surface area contributed by atoms with Crippen LogP contribution in [0.3, 0.4) is 0 Å². The van der Waals surface area contributed by atoms with Crippen LogP contribution in [-0.2, 0) is 0 Å². The van der Waals surface area contributed by atoms with E-state index in [1.165, 1.54) is 0 Å². The lowest BCUT2D eigenvalue weighted by molar-refractivity contribution is -0.742. The van der Waals surface area contributed by atoms with Crippen LogP contribution in [0.1, 0.15) is 0 Å². The molecule has 5 nitrogen and oxygen atoms in total. The van der Waals surface area contributed by atoms with E-state index in [4.69, 9.17) is 15.3 Å². The van der Waals surface area contributed by atoms with Crippen molar-refractivity contribution >= 4 is 11.4 Å². The standard InChI is InChI=1S/C12H11N.HNO3/c1-3-7-11(8-4-1)13-12-9-5-2-6-10-12;2-1(3)4/h1-10,13H;(H,2,3,4). The Morgan fingerprint density at radius 1 is 0.882 bits per heavy atom. The summed E-state index contributed by atoms with van der Waals surface area (Å²) < 4.78 is 0. The number of hydrogen-bond acceptors (Lipinski definition) is 3. The minimum absolute atomic E-state index is 1.12. The molecule has 0 saturated carbocycles. The molecule has 2 rings (SSSR count). The summed E-state index contributed by atoms with van der Waals surface area (Å²) in [6.45, 7) is 0. The Balaban J connectivity index is 0.000000317. The van der Waals surface area contributed by atoms with Gasteiger partial charge in [-0.1, -0.05) is 36.4 Å². The molecular weight excluding hydrogens is 220 g/mol. The zero-order valence-electron chi connectivity index (χ0n) is 8.98. The first-order valence-corrected chi connectivity index (χ1v) is 4.89. The summed E-state index contributed by atoms with van der Waals surface area (Å²) in [6, 6.07) is 20.3. The van der Waals surface area contributed by atoms with Gasteiger partial charge in [0.15, 0.2) is 0 Å². The molecule has 2 N–H and O–H groups in total. The van der Waals surface area contributed by atoms with Crippen LogP contribution in [0.25, 0.3) is 0 Å². The van der Waals surface area contributed by atoms with Gasteiger partial charge in [0.05, 0.1) is 0 Å². The van der Waals surface area contributed by atoms with Gasteiger partial charge in [-0.3, -0.25) is 0 Å². The van der Waals surface area contributed by atoms with E-state index in [9.17, 15) is 0 Å². The second-order valence-electron chi connectivity index (χ2n) is 3.09. The SMILES string of the molecule is O=[N+]([O-])O.c1ccc(Nc2ccccc2)cc1. The molecule has 0 aliphatic carbocycles. The summed E-state index contributed by atoms with van der Waals surface area (Å²) in [6.07, 6.45) is 0. The van der Waals surface area contributed by atoms with Gasteiger partial charge in [-0.25, -0.2) is 0 Å². The minimum Gasteiger partial charge on any atom is -0.356 e. The number of anilines is 2. The molecular formula is C12H12N2O3. The molecule has 88 valence electrons. The molecule has 0 heterocycles. The molecule has 5 heteroatoms. The topological polar surface area (TPSA) is 75.4 Å². The molecule has 0 unspecified atom stereocenters. The highest BCUT2D eigenvalue weighted by molar-refractivity contribution is 5.58. The summed E-state index contributed by atoms with van der Waals surface area (Å²) >= 11 is 0. The van der Waals surface area contributed by atoms with Crippen LogP contribution in [-0.4, -0.2) is 10.3 Å². The third kappa shape index (κ3) is 5.78. The van der Waals surface area contributed by atoms with E-state index in [2.05, 4.69) is 5.32 Å². The van der Waals surface area contributed by atoms with Gasteiger partial charge in [0, 0.05) is 11.4 Å². The fraction of sp³-hybridized carbons (Fsp3) is 0. The van der Waals surface area contributed by atoms with Crippen LogP contribution < -0.4 is 5.32 Å². The summed E-state index contributed by atoms with van der Waals surface area (Å²) in [7, 11) is 0. The summed E-state index contributed by atoms with van der Waals surface area (Å²) in [5, 5.41) is 16.9. The molecule has 0 radical (unpaired) electrons. The first-order chi connectivity index (χ1) is 8.18. The van der Waals surface area contributed by atoms with E-state index in [1.54, 1.807) is 0 Å². The first kappa shape index (κ1) is 12.5. The molecule has 0 aromatic heterocycles. The summed E-state index contributed by atoms with van der Waals surface area (Å²) in [4.78, 5) is 8.36. The van der Waals surface area contributed by atoms with E-state index in [0.29, 0.717) is 0 Å². The lowest BCUT2D eigenvalue weighted by atomic mass is 10.3. The Morgan fingerprint density at radius 2 is 1.18 bits per heavy atom. The molecule has 0 aliphatic heterocycles. The van der Waals surface area contributed by atoms with Crippen LogP contribution in [0.2, 0.25) is 0 Å². The molecule has 0 amide bonds. The van der Waals surface area contributed by atoms with E-state index in [1.807, 2.05) is 60.7 Å². The van der Waals surface area contributed by atoms with Crippen LogP contribution in [0.15, 0.2) is 60.7 Å². The lowest BCUT2D eigenvalue weighted by Gasteiger charge is -2.04. The predicted octanol–water partition coefficient (Wildman–Crippen LogP) is 3.08. The fourth-order valence-corrected chi connectivity index (χ4v) is 1.21. The van der Waals surface area contributed by atoms with Gasteiger partial charge < -0.3 is 10.5 Å². The molecule has 0 spiro atoms. The normalized spacial score (nSPS) is 8.71. The van der Waals surface area contributed by atoms with E-state index in [-0.39, 0.29) is 0 Å². The third-order valence-corrected chi connectivity index (χ3v) is 1.84. The molecule has 0 fully saturated rings. The van der Waals surface area contributed by atoms with Crippen LogP contribution in [0.4, 0.5) is 11.4 Å². The van der Waals surface area contributed by atoms with E-state index >= 15 is 0 Å². The second kappa shape index (κ2) is 6.84. The van der Waals surface area contributed by atoms with Crippen LogP contribution in [0, 0.1) is 10.1 Å². The number of nitrogens with one attached hydrogen (secondary N) is 1. The van der Waals surface area contributed by atoms with Gasteiger partial charge in [0.25, 0.3) is 5.09 Å². The Hall–Kier alpha value is -2.56. The summed E-state index contributed by atoms with van der Waals surface area (Å²) in [5.41, 5.74) is 2.24. The van der Waals surface area contributed by atoms with Crippen molar-refractivity contribution in [3.05, 3.63) is 70.8 Å². The average molecular weight is 232 g/mol. The number of hydrogen-bond donors (Lipinski definition) is 2. The fourth-order valence-electron chi connectivity index (χ4n) is 1.21. The Morgan fingerprint density at radius 3 is 1.47 bits per heavy atom. The molecule has 0 bridgehead atoms. The Bertz CT molecular complexity index is 404. The minimum atomic E-state index is -1.50. The van der Waals surface area contributed by atoms with Crippen molar-refractivity contribution in [1.29, 1.82) is 0 Å². The van der Waals surface area contributed by atoms with E-state index in [0.717, 1.165) is 11.4 Å². The van der Waals surface area contributed by atoms with Crippen molar-refractivity contribution in [1.82, 2.24) is 0 Å². The Labute approximate surface area is 98.4 Å². The first-order valence-electron chi connectivity index (χ1n) is 4.89. The Kier molecular flexibility index (Phi) is 5.03. The molecule has 2 aromatic rings. The lowest BCUT2D eigenvalue weighted by Crippen LogP contribution is -1.87. The zero-order valence-corrected chi connectivity index (χ0v) is 8.98. The van der Waals surface area contributed by atoms with Gasteiger partial charge in [0.1, 0.15) is 0 Å². The maximum absolute atomic E-state index is 8.36. The maximum Gasteiger partial charge on any atom is 0.291 e. The van der Waals surface area contributed by atoms with Crippen molar-refractivity contribution in [2.24, 2.45) is 0 Å². The van der Waals surface area contributed by atoms with E-state index < -0.39 is 5.09 Å². The average Bonchev–Trinajstić information content (AvgIpc) is 2.31. The van der Waals surface area contributed by atoms with Gasteiger partial charge in [-0.2, -0.15) is 0 Å². The molecule has 17 heavy (non-hydrogen) atoms. The number of rotatable bonds is 2. The maximum atomic E-state index is 8.36. The van der Waals surface area contributed by atoms with Crippen molar-refractivity contribution in [2.45, 2.75) is 0 Å². The van der Waals surface area contributed by atoms with Gasteiger partial charge in [0.2, 0.25) is 0 Å². The van der Waals surface area contributed by atoms with Crippen molar-refractivity contribution < 1.29 is 10.3 Å². The molecule has 0 aliphatic rings. The highest BCUT2D eigenvalue weighted by Crippen LogP contribution is 2.14. The monoisotopic (exact) mass is 232 g/mol. The highest BCUT2D eigenvalue weighted by atomic mass is 16.9. The van der Waals surface area contributed by atoms with Gasteiger partial charge in [-0.15, -0.1) is 10.1 Å². The van der Waals surface area contributed by atoms with Crippen molar-refractivity contribution in [3.63, 3.8) is 0 Å². The van der Waals surface area contributed by atoms with Crippen molar-refractivity contribution in [3.8, 4) is 0 Å². The predicted molar refractivity (Wildman–Crippen MR) is 64.9 cm³/mol. The smallest absolute Gasteiger partial charge is 0.291 e. The van der Waals surface area contributed by atoms with Gasteiger partial charge in [-0.05, 0) is 24.3 Å². The number of nitrogens with zero attached hydrogens (tertiary/aromatic N) is 1. The quantitative estimate of drug-likeness (QED) is 0.616. The van der Waals surface area contributed by atoms with Crippen molar-refractivity contribution in [2.75, 3.05) is 5.32 Å². The number of benzene rings is 2. The van der Waals surface area contributed by atoms with Crippen LogP contribution in [0.5, 0.6) is 0 Å². The van der Waals surface area contributed by atoms with Gasteiger partial charge >= 0.3 is 0 Å². The molecule has 0 atom stereocenters. The summed E-state index contributed by atoms with van der Waals surface area (Å²) in [5.74, 6) is 0. The highest BCUT2D eigenvalue weighted by Gasteiger charge is 1.89. The largest absolute Gasteiger partial charge is 0.356 e. The second-order valence-corrected chi connectivity index (χ2v) is 3.09. The number of para-hydroxylation sites is 2. The third-order valence-electron chi connectivity index (χ3n) is 1.84. The molecule has 0 saturated heterocycles. The zero-order chi connectivity index (χ0) is 12.5. The molecule has 2 aromatic carbocycles. The van der Waals surface area contributed by atoms with Crippen LogP contribution >= 0.6 is 0 Å².